The topological polar surface area (TPSA) is 145 Å². The fourth-order valence-electron chi connectivity index (χ4n) is 0.780. The number of carbonyl (C=O) groups is 2. The van der Waals surface area contributed by atoms with Crippen molar-refractivity contribution in [2.45, 2.75) is 24.4 Å². The van der Waals surface area contributed by atoms with E-state index in [0.29, 0.717) is 0 Å². The van der Waals surface area contributed by atoms with Crippen LogP contribution in [-0.2, 0) is 14.3 Å². The average Bonchev–Trinajstić information content (AvgIpc) is 2.23. The fourth-order valence-corrected chi connectivity index (χ4v) is 0.780. The number of aliphatic carboxylic acids is 1. The molecule has 0 aromatic rings. The lowest BCUT2D eigenvalue weighted by Crippen LogP contribution is -2.50. The molecule has 0 unspecified atom stereocenters. The van der Waals surface area contributed by atoms with Gasteiger partial charge in [0.25, 0.3) is 0 Å². The second kappa shape index (κ2) is 5.61. The summed E-state index contributed by atoms with van der Waals surface area (Å²) in [5.74, 6) is -3.04. The molecule has 0 aromatic heterocycles. The van der Waals surface area contributed by atoms with Gasteiger partial charge in [-0.3, -0.25) is 0 Å². The maximum Gasteiger partial charge on any atom is 0.337 e. The van der Waals surface area contributed by atoms with Crippen molar-refractivity contribution in [2.75, 3.05) is 7.11 Å². The van der Waals surface area contributed by atoms with Crippen molar-refractivity contribution in [3.05, 3.63) is 0 Å². The molecule has 0 rings (SSSR count). The van der Waals surface area contributed by atoms with Gasteiger partial charge in [0.05, 0.1) is 7.11 Å². The minimum atomic E-state index is -2.31. The second-order valence-electron chi connectivity index (χ2n) is 2.73. The van der Waals surface area contributed by atoms with Gasteiger partial charge in [0.2, 0.25) is 0 Å². The third-order valence-corrected chi connectivity index (χ3v) is 1.69. The Morgan fingerprint density at radius 3 is 1.73 bits per heavy atom. The summed E-state index contributed by atoms with van der Waals surface area (Å²) in [7, 11) is 0.929. The van der Waals surface area contributed by atoms with Crippen LogP contribution in [-0.4, -0.2) is 69.0 Å². The van der Waals surface area contributed by atoms with E-state index in [0.717, 1.165) is 7.11 Å². The van der Waals surface area contributed by atoms with Gasteiger partial charge >= 0.3 is 11.9 Å². The first kappa shape index (κ1) is 13.8. The van der Waals surface area contributed by atoms with Crippen LogP contribution in [0.25, 0.3) is 0 Å². The normalized spacial score (nSPS) is 18.7. The largest absolute Gasteiger partial charge is 0.479 e. The van der Waals surface area contributed by atoms with Gasteiger partial charge in [-0.15, -0.1) is 0 Å². The molecule has 0 fully saturated rings. The molecule has 0 heterocycles. The van der Waals surface area contributed by atoms with Gasteiger partial charge < -0.3 is 30.3 Å². The highest BCUT2D eigenvalue weighted by Gasteiger charge is 2.37. The van der Waals surface area contributed by atoms with E-state index in [-0.39, 0.29) is 0 Å². The number of aliphatic hydroxyl groups is 4. The van der Waals surface area contributed by atoms with Crippen molar-refractivity contribution in [1.29, 1.82) is 0 Å². The Hall–Kier alpha value is -1.22. The van der Waals surface area contributed by atoms with Crippen molar-refractivity contribution < 1.29 is 39.9 Å². The molecule has 0 spiro atoms. The average molecular weight is 224 g/mol. The van der Waals surface area contributed by atoms with Crippen molar-refractivity contribution in [2.24, 2.45) is 0 Å². The molecule has 8 heteroatoms. The lowest BCUT2D eigenvalue weighted by atomic mass is 10.0. The van der Waals surface area contributed by atoms with Gasteiger partial charge in [0.15, 0.2) is 12.2 Å². The van der Waals surface area contributed by atoms with Crippen molar-refractivity contribution in [3.8, 4) is 0 Å². The van der Waals surface area contributed by atoms with Gasteiger partial charge in [-0.1, -0.05) is 0 Å². The van der Waals surface area contributed by atoms with Crippen LogP contribution in [0.2, 0.25) is 0 Å². The van der Waals surface area contributed by atoms with Crippen molar-refractivity contribution in [3.63, 3.8) is 0 Å². The Balaban J connectivity index is 4.49. The van der Waals surface area contributed by atoms with E-state index in [2.05, 4.69) is 4.74 Å². The summed E-state index contributed by atoms with van der Waals surface area (Å²) in [5.41, 5.74) is 0. The van der Waals surface area contributed by atoms with Gasteiger partial charge in [-0.05, 0) is 0 Å². The highest BCUT2D eigenvalue weighted by Crippen LogP contribution is 2.06. The van der Waals surface area contributed by atoms with E-state index in [1.54, 1.807) is 0 Å². The zero-order chi connectivity index (χ0) is 12.2. The molecule has 0 saturated carbocycles. The number of rotatable bonds is 5. The van der Waals surface area contributed by atoms with Crippen molar-refractivity contribution in [1.82, 2.24) is 0 Å². The third-order valence-electron chi connectivity index (χ3n) is 1.69. The Labute approximate surface area is 84.3 Å². The number of methoxy groups -OCH3 is 1. The molecule has 8 nitrogen and oxygen atoms in total. The van der Waals surface area contributed by atoms with Crippen LogP contribution < -0.4 is 0 Å². The maximum atomic E-state index is 10.7. The lowest BCUT2D eigenvalue weighted by Gasteiger charge is -2.22. The first-order valence-corrected chi connectivity index (χ1v) is 3.85. The van der Waals surface area contributed by atoms with Crippen LogP contribution in [0.3, 0.4) is 0 Å². The lowest BCUT2D eigenvalue weighted by molar-refractivity contribution is -0.174. The van der Waals surface area contributed by atoms with Crippen LogP contribution in [0.4, 0.5) is 0 Å². The molecule has 0 amide bonds. The molecule has 88 valence electrons. The molecule has 15 heavy (non-hydrogen) atoms. The molecule has 0 bridgehead atoms. The van der Waals surface area contributed by atoms with Gasteiger partial charge in [0, 0.05) is 0 Å². The molecule has 0 saturated heterocycles. The number of carboxylic acid groups (broad SMARTS) is 1. The van der Waals surface area contributed by atoms with E-state index in [1.807, 2.05) is 0 Å². The van der Waals surface area contributed by atoms with Crippen LogP contribution in [0, 0.1) is 0 Å². The second-order valence-corrected chi connectivity index (χ2v) is 2.73. The smallest absolute Gasteiger partial charge is 0.337 e. The monoisotopic (exact) mass is 224 g/mol. The predicted molar refractivity (Wildman–Crippen MR) is 43.7 cm³/mol. The number of carboxylic acids is 1. The highest BCUT2D eigenvalue weighted by atomic mass is 16.5. The number of hydrogen-bond acceptors (Lipinski definition) is 7. The van der Waals surface area contributed by atoms with E-state index in [9.17, 15) is 9.59 Å². The number of hydrogen-bond donors (Lipinski definition) is 5. The van der Waals surface area contributed by atoms with E-state index in [4.69, 9.17) is 25.5 Å². The summed E-state index contributed by atoms with van der Waals surface area (Å²) in [6.45, 7) is 0. The number of aliphatic hydroxyl groups excluding tert-OH is 4. The number of carbonyl (C=O) groups excluding carboxylic acids is 1. The first-order valence-electron chi connectivity index (χ1n) is 3.85. The molecule has 4 atom stereocenters. The third kappa shape index (κ3) is 3.44. The van der Waals surface area contributed by atoms with E-state index < -0.39 is 36.4 Å². The molecular formula is C7H12O8. The van der Waals surface area contributed by atoms with E-state index in [1.165, 1.54) is 0 Å². The van der Waals surface area contributed by atoms with Crippen LogP contribution in [0.5, 0.6) is 0 Å². The number of esters is 1. The quantitative estimate of drug-likeness (QED) is 0.305. The van der Waals surface area contributed by atoms with Gasteiger partial charge in [0.1, 0.15) is 12.2 Å². The van der Waals surface area contributed by atoms with Crippen LogP contribution >= 0.6 is 0 Å². The summed E-state index contributed by atoms with van der Waals surface area (Å²) in [4.78, 5) is 20.9. The zero-order valence-electron chi connectivity index (χ0n) is 7.77. The Morgan fingerprint density at radius 2 is 1.40 bits per heavy atom. The Bertz CT molecular complexity index is 239. The summed E-state index contributed by atoms with van der Waals surface area (Å²) < 4.78 is 4.03. The zero-order valence-corrected chi connectivity index (χ0v) is 7.77. The van der Waals surface area contributed by atoms with E-state index >= 15 is 0 Å². The minimum Gasteiger partial charge on any atom is -0.479 e. The predicted octanol–water partition coefficient (Wildman–Crippen LogP) is -3.31. The maximum absolute atomic E-state index is 10.7. The molecule has 0 aliphatic heterocycles. The van der Waals surface area contributed by atoms with Crippen molar-refractivity contribution >= 4 is 11.9 Å². The summed E-state index contributed by atoms with van der Waals surface area (Å²) in [5, 5.41) is 44.2. The first-order chi connectivity index (χ1) is 6.82. The molecular weight excluding hydrogens is 212 g/mol. The minimum absolute atomic E-state index is 0.929. The van der Waals surface area contributed by atoms with Crippen LogP contribution in [0.15, 0.2) is 0 Å². The van der Waals surface area contributed by atoms with Gasteiger partial charge in [-0.2, -0.15) is 0 Å². The summed E-state index contributed by atoms with van der Waals surface area (Å²) >= 11 is 0. The molecule has 5 N–H and O–H groups in total. The SMILES string of the molecule is COC(=O)[C@H](O)[C@@H](O)[C@@H](O)[C@H](O)C(=O)O. The Kier molecular flexibility index (Phi) is 5.15. The van der Waals surface area contributed by atoms with Gasteiger partial charge in [-0.25, -0.2) is 9.59 Å². The fraction of sp³-hybridized carbons (Fsp3) is 0.714. The summed E-state index contributed by atoms with van der Waals surface area (Å²) in [6.07, 6.45) is -8.78. The molecule has 0 aliphatic carbocycles. The standard InChI is InChI=1S/C7H12O8/c1-15-7(14)5(11)3(9)2(8)4(10)6(12)13/h2-5,8-11H,1H3,(H,12,13)/t2-,3+,4+,5-/m1/s1. The number of ether oxygens (including phenoxy) is 1. The molecule has 0 aliphatic rings. The Morgan fingerprint density at radius 1 is 1.00 bits per heavy atom. The highest BCUT2D eigenvalue weighted by molar-refractivity contribution is 5.76. The summed E-state index contributed by atoms with van der Waals surface area (Å²) in [6, 6.07) is 0. The molecule has 0 radical (unpaired) electrons. The van der Waals surface area contributed by atoms with Crippen LogP contribution in [0.1, 0.15) is 0 Å². The molecule has 0 aromatic carbocycles.